The third-order valence-electron chi connectivity index (χ3n) is 3.08. The van der Waals surface area contributed by atoms with Gasteiger partial charge in [-0.15, -0.1) is 0 Å². The minimum atomic E-state index is -1.03. The summed E-state index contributed by atoms with van der Waals surface area (Å²) in [5.41, 5.74) is 0.550. The Morgan fingerprint density at radius 2 is 1.71 bits per heavy atom. The molecule has 1 rings (SSSR count). The summed E-state index contributed by atoms with van der Waals surface area (Å²) < 4.78 is 0. The first-order chi connectivity index (χ1) is 9.90. The molecule has 2 N–H and O–H groups in total. The summed E-state index contributed by atoms with van der Waals surface area (Å²) >= 11 is 0. The standard InChI is InChI=1S/C16H21NO4/c1-11(2)5-3-4-6-14(18)15(19)17-13-9-7-12(8-10-13)16(20)21/h7-11H,3-6H2,1-2H3,(H,17,19)(H,20,21). The summed E-state index contributed by atoms with van der Waals surface area (Å²) in [5, 5.41) is 11.2. The van der Waals surface area contributed by atoms with Crippen LogP contribution in [0.25, 0.3) is 0 Å². The van der Waals surface area contributed by atoms with Crippen LogP contribution in [-0.4, -0.2) is 22.8 Å². The molecule has 0 aliphatic rings. The van der Waals surface area contributed by atoms with Gasteiger partial charge in [-0.05, 0) is 36.6 Å². The number of carbonyl (C=O) groups excluding carboxylic acids is 2. The van der Waals surface area contributed by atoms with Gasteiger partial charge in [0, 0.05) is 12.1 Å². The van der Waals surface area contributed by atoms with Crippen molar-refractivity contribution in [3.63, 3.8) is 0 Å². The number of rotatable bonds is 8. The Morgan fingerprint density at radius 1 is 1.10 bits per heavy atom. The molecule has 0 aliphatic heterocycles. The van der Waals surface area contributed by atoms with Crippen LogP contribution in [0, 0.1) is 5.92 Å². The number of carboxylic acid groups (broad SMARTS) is 1. The molecule has 114 valence electrons. The molecule has 0 bridgehead atoms. The second kappa shape index (κ2) is 8.19. The van der Waals surface area contributed by atoms with E-state index in [-0.39, 0.29) is 12.0 Å². The number of hydrogen-bond donors (Lipinski definition) is 2. The molecule has 5 nitrogen and oxygen atoms in total. The van der Waals surface area contributed by atoms with Crippen LogP contribution in [0.15, 0.2) is 24.3 Å². The minimum absolute atomic E-state index is 0.132. The number of Topliss-reactive ketones (excluding diaryl/α,β-unsaturated/α-hetero) is 1. The maximum absolute atomic E-state index is 11.7. The van der Waals surface area contributed by atoms with E-state index < -0.39 is 17.7 Å². The summed E-state index contributed by atoms with van der Waals surface area (Å²) in [7, 11) is 0. The van der Waals surface area contributed by atoms with Crippen LogP contribution in [0.5, 0.6) is 0 Å². The number of nitrogens with one attached hydrogen (secondary N) is 1. The fraction of sp³-hybridized carbons (Fsp3) is 0.438. The number of hydrogen-bond acceptors (Lipinski definition) is 3. The van der Waals surface area contributed by atoms with Gasteiger partial charge in [-0.2, -0.15) is 0 Å². The molecule has 0 saturated heterocycles. The summed E-state index contributed by atoms with van der Waals surface area (Å²) in [4.78, 5) is 34.0. The third kappa shape index (κ3) is 6.21. The normalized spacial score (nSPS) is 10.4. The van der Waals surface area contributed by atoms with E-state index in [1.165, 1.54) is 24.3 Å². The van der Waals surface area contributed by atoms with Crippen molar-refractivity contribution in [2.24, 2.45) is 5.92 Å². The van der Waals surface area contributed by atoms with Gasteiger partial charge in [-0.1, -0.05) is 26.7 Å². The molecule has 0 fully saturated rings. The van der Waals surface area contributed by atoms with Crippen molar-refractivity contribution in [2.75, 3.05) is 5.32 Å². The van der Waals surface area contributed by atoms with E-state index in [0.29, 0.717) is 18.0 Å². The molecule has 0 unspecified atom stereocenters. The van der Waals surface area contributed by atoms with E-state index in [0.717, 1.165) is 12.8 Å². The Morgan fingerprint density at radius 3 is 2.24 bits per heavy atom. The highest BCUT2D eigenvalue weighted by Gasteiger charge is 2.13. The van der Waals surface area contributed by atoms with Gasteiger partial charge in [0.1, 0.15) is 0 Å². The van der Waals surface area contributed by atoms with E-state index in [2.05, 4.69) is 19.2 Å². The van der Waals surface area contributed by atoms with E-state index >= 15 is 0 Å². The van der Waals surface area contributed by atoms with Gasteiger partial charge in [0.2, 0.25) is 5.78 Å². The van der Waals surface area contributed by atoms with Crippen molar-refractivity contribution in [2.45, 2.75) is 39.5 Å². The summed E-state index contributed by atoms with van der Waals surface area (Å²) in [6.45, 7) is 4.24. The van der Waals surface area contributed by atoms with E-state index in [1.54, 1.807) is 0 Å². The van der Waals surface area contributed by atoms with E-state index in [4.69, 9.17) is 5.11 Å². The monoisotopic (exact) mass is 291 g/mol. The molecule has 5 heteroatoms. The maximum atomic E-state index is 11.7. The van der Waals surface area contributed by atoms with Crippen LogP contribution in [-0.2, 0) is 9.59 Å². The highest BCUT2D eigenvalue weighted by molar-refractivity contribution is 6.40. The number of aromatic carboxylic acids is 1. The van der Waals surface area contributed by atoms with Crippen LogP contribution < -0.4 is 5.32 Å². The number of ketones is 1. The van der Waals surface area contributed by atoms with Crippen molar-refractivity contribution in [3.05, 3.63) is 29.8 Å². The highest BCUT2D eigenvalue weighted by atomic mass is 16.4. The molecule has 0 saturated carbocycles. The molecule has 0 radical (unpaired) electrons. The topological polar surface area (TPSA) is 83.5 Å². The Hall–Kier alpha value is -2.17. The number of unbranched alkanes of at least 4 members (excludes halogenated alkanes) is 1. The molecule has 0 spiro atoms. The number of carboxylic acids is 1. The lowest BCUT2D eigenvalue weighted by atomic mass is 10.0. The predicted molar refractivity (Wildman–Crippen MR) is 80.3 cm³/mol. The van der Waals surface area contributed by atoms with Crippen molar-refractivity contribution < 1.29 is 19.5 Å². The lowest BCUT2D eigenvalue weighted by Gasteiger charge is -2.06. The quantitative estimate of drug-likeness (QED) is 0.569. The summed E-state index contributed by atoms with van der Waals surface area (Å²) in [6.07, 6.45) is 2.93. The van der Waals surface area contributed by atoms with Crippen LogP contribution in [0.2, 0.25) is 0 Å². The molecule has 0 aromatic heterocycles. The van der Waals surface area contributed by atoms with Crippen molar-refractivity contribution in [1.29, 1.82) is 0 Å². The van der Waals surface area contributed by atoms with Crippen molar-refractivity contribution >= 4 is 23.3 Å². The number of carbonyl (C=O) groups is 3. The van der Waals surface area contributed by atoms with Gasteiger partial charge in [0.15, 0.2) is 0 Å². The van der Waals surface area contributed by atoms with Crippen LogP contribution in [0.1, 0.15) is 49.9 Å². The van der Waals surface area contributed by atoms with Crippen LogP contribution in [0.4, 0.5) is 5.69 Å². The van der Waals surface area contributed by atoms with E-state index in [9.17, 15) is 14.4 Å². The molecule has 0 heterocycles. The Labute approximate surface area is 124 Å². The second-order valence-corrected chi connectivity index (χ2v) is 5.40. The van der Waals surface area contributed by atoms with Gasteiger partial charge in [-0.25, -0.2) is 4.79 Å². The maximum Gasteiger partial charge on any atom is 0.335 e. The minimum Gasteiger partial charge on any atom is -0.478 e. The molecular formula is C16H21NO4. The fourth-order valence-corrected chi connectivity index (χ4v) is 1.85. The van der Waals surface area contributed by atoms with Crippen LogP contribution >= 0.6 is 0 Å². The van der Waals surface area contributed by atoms with Crippen LogP contribution in [0.3, 0.4) is 0 Å². The number of amides is 1. The molecule has 1 amide bonds. The first-order valence-corrected chi connectivity index (χ1v) is 7.07. The molecule has 0 atom stereocenters. The third-order valence-corrected chi connectivity index (χ3v) is 3.08. The van der Waals surface area contributed by atoms with Gasteiger partial charge < -0.3 is 10.4 Å². The average molecular weight is 291 g/mol. The molecule has 0 aliphatic carbocycles. The van der Waals surface area contributed by atoms with Crippen molar-refractivity contribution in [3.8, 4) is 0 Å². The first kappa shape index (κ1) is 16.9. The lowest BCUT2D eigenvalue weighted by molar-refractivity contribution is -0.134. The molecule has 1 aromatic carbocycles. The molecular weight excluding hydrogens is 270 g/mol. The first-order valence-electron chi connectivity index (χ1n) is 7.07. The Kier molecular flexibility index (Phi) is 6.59. The summed E-state index contributed by atoms with van der Waals surface area (Å²) in [5.74, 6) is -1.53. The zero-order valence-electron chi connectivity index (χ0n) is 12.4. The Bertz CT molecular complexity index is 506. The van der Waals surface area contributed by atoms with Gasteiger partial charge in [0.05, 0.1) is 5.56 Å². The fourth-order valence-electron chi connectivity index (χ4n) is 1.85. The largest absolute Gasteiger partial charge is 0.478 e. The second-order valence-electron chi connectivity index (χ2n) is 5.40. The summed E-state index contributed by atoms with van der Waals surface area (Å²) in [6, 6.07) is 5.69. The average Bonchev–Trinajstić information content (AvgIpc) is 2.43. The number of anilines is 1. The zero-order valence-corrected chi connectivity index (χ0v) is 12.4. The van der Waals surface area contributed by atoms with Gasteiger partial charge in [-0.3, -0.25) is 9.59 Å². The highest BCUT2D eigenvalue weighted by Crippen LogP contribution is 2.11. The molecule has 21 heavy (non-hydrogen) atoms. The smallest absolute Gasteiger partial charge is 0.335 e. The SMILES string of the molecule is CC(C)CCCCC(=O)C(=O)Nc1ccc(C(=O)O)cc1. The number of benzene rings is 1. The van der Waals surface area contributed by atoms with Gasteiger partial charge >= 0.3 is 5.97 Å². The predicted octanol–water partition coefficient (Wildman–Crippen LogP) is 3.11. The van der Waals surface area contributed by atoms with Crippen molar-refractivity contribution in [1.82, 2.24) is 0 Å². The Balaban J connectivity index is 2.41. The zero-order chi connectivity index (χ0) is 15.8. The van der Waals surface area contributed by atoms with Gasteiger partial charge in [0.25, 0.3) is 5.91 Å². The van der Waals surface area contributed by atoms with E-state index in [1.807, 2.05) is 0 Å². The lowest BCUT2D eigenvalue weighted by Crippen LogP contribution is -2.22. The molecule has 1 aromatic rings.